The average molecular weight is 285 g/mol. The zero-order valence-electron chi connectivity index (χ0n) is 13.4. The molecule has 0 bridgehead atoms. The molecular weight excluding hydrogens is 258 g/mol. The molecule has 1 N–H and O–H groups in total. The van der Waals surface area contributed by atoms with Gasteiger partial charge in [-0.1, -0.05) is 26.3 Å². The van der Waals surface area contributed by atoms with Gasteiger partial charge in [0, 0.05) is 19.1 Å². The molecule has 1 aromatic rings. The van der Waals surface area contributed by atoms with Crippen LogP contribution in [0.3, 0.4) is 0 Å². The Morgan fingerprint density at radius 3 is 2.90 bits per heavy atom. The Morgan fingerprint density at radius 1 is 1.33 bits per heavy atom. The van der Waals surface area contributed by atoms with Crippen molar-refractivity contribution < 1.29 is 0 Å². The Bertz CT molecular complexity index is 488. The van der Waals surface area contributed by atoms with Gasteiger partial charge in [0.15, 0.2) is 0 Å². The summed E-state index contributed by atoms with van der Waals surface area (Å²) in [6.07, 6.45) is 6.26. The first kappa shape index (κ1) is 15.9. The molecule has 114 valence electrons. The highest BCUT2D eigenvalue weighted by atomic mass is 15.2. The van der Waals surface area contributed by atoms with E-state index in [1.165, 1.54) is 37.7 Å². The summed E-state index contributed by atoms with van der Waals surface area (Å²) in [6, 6.07) is 9.38. The minimum Gasteiger partial charge on any atom is -0.367 e. The summed E-state index contributed by atoms with van der Waals surface area (Å²) in [6.45, 7) is 7.23. The van der Waals surface area contributed by atoms with E-state index in [2.05, 4.69) is 48.3 Å². The van der Waals surface area contributed by atoms with E-state index in [1.807, 2.05) is 0 Å². The maximum Gasteiger partial charge on any atom is 0.101 e. The van der Waals surface area contributed by atoms with Crippen molar-refractivity contribution in [1.29, 1.82) is 5.26 Å². The van der Waals surface area contributed by atoms with Crippen molar-refractivity contribution in [2.24, 2.45) is 0 Å². The van der Waals surface area contributed by atoms with Crippen LogP contribution in [0, 0.1) is 11.3 Å². The zero-order chi connectivity index (χ0) is 15.1. The van der Waals surface area contributed by atoms with Gasteiger partial charge >= 0.3 is 0 Å². The number of nitrogens with one attached hydrogen (secondary N) is 1. The van der Waals surface area contributed by atoms with Gasteiger partial charge in [-0.2, -0.15) is 5.26 Å². The molecule has 1 heterocycles. The second-order valence-corrected chi connectivity index (χ2v) is 5.88. The van der Waals surface area contributed by atoms with E-state index >= 15 is 0 Å². The molecule has 0 amide bonds. The molecule has 1 atom stereocenters. The highest BCUT2D eigenvalue weighted by Crippen LogP contribution is 2.30. The lowest BCUT2D eigenvalue weighted by Crippen LogP contribution is -2.39. The third-order valence-corrected chi connectivity index (χ3v) is 4.32. The molecule has 21 heavy (non-hydrogen) atoms. The van der Waals surface area contributed by atoms with Crippen LogP contribution in [-0.2, 0) is 6.54 Å². The maximum absolute atomic E-state index is 9.52. The number of piperidine rings is 1. The first-order valence-corrected chi connectivity index (χ1v) is 8.30. The summed E-state index contributed by atoms with van der Waals surface area (Å²) in [5, 5.41) is 12.8. The molecule has 0 spiro atoms. The summed E-state index contributed by atoms with van der Waals surface area (Å²) < 4.78 is 0. The summed E-state index contributed by atoms with van der Waals surface area (Å²) in [7, 11) is 0. The van der Waals surface area contributed by atoms with E-state index in [0.29, 0.717) is 6.04 Å². The lowest BCUT2D eigenvalue weighted by Gasteiger charge is -2.38. The van der Waals surface area contributed by atoms with Gasteiger partial charge in [0.1, 0.15) is 6.07 Å². The Kier molecular flexibility index (Phi) is 6.07. The zero-order valence-corrected chi connectivity index (χ0v) is 13.4. The fraction of sp³-hybridized carbons (Fsp3) is 0.611. The van der Waals surface area contributed by atoms with Crippen LogP contribution in [0.1, 0.15) is 57.1 Å². The second-order valence-electron chi connectivity index (χ2n) is 5.88. The van der Waals surface area contributed by atoms with Crippen LogP contribution in [0.25, 0.3) is 0 Å². The molecule has 1 aliphatic heterocycles. The maximum atomic E-state index is 9.52. The molecule has 0 aliphatic carbocycles. The van der Waals surface area contributed by atoms with Gasteiger partial charge in [-0.05, 0) is 49.9 Å². The monoisotopic (exact) mass is 285 g/mol. The highest BCUT2D eigenvalue weighted by molar-refractivity contribution is 5.61. The average Bonchev–Trinajstić information content (AvgIpc) is 2.53. The van der Waals surface area contributed by atoms with Crippen molar-refractivity contribution in [3.05, 3.63) is 29.3 Å². The normalized spacial score (nSPS) is 18.5. The largest absolute Gasteiger partial charge is 0.367 e. The van der Waals surface area contributed by atoms with Crippen molar-refractivity contribution in [3.8, 4) is 6.07 Å². The minimum absolute atomic E-state index is 0.607. The van der Waals surface area contributed by atoms with Gasteiger partial charge in [0.2, 0.25) is 0 Å². The van der Waals surface area contributed by atoms with Crippen LogP contribution in [0.2, 0.25) is 0 Å². The summed E-state index contributed by atoms with van der Waals surface area (Å²) in [5.74, 6) is 0. The summed E-state index contributed by atoms with van der Waals surface area (Å²) in [4.78, 5) is 2.47. The number of nitriles is 1. The Morgan fingerprint density at radius 2 is 2.19 bits per heavy atom. The fourth-order valence-electron chi connectivity index (χ4n) is 3.25. The standard InChI is InChI=1S/C18H27N3/c1-3-7-17-8-5-6-11-21(17)18-10-9-15(14-20-4-2)12-16(18)13-19/h9-10,12,17,20H,3-8,11,14H2,1-2H3. The predicted molar refractivity (Wildman–Crippen MR) is 88.4 cm³/mol. The van der Waals surface area contributed by atoms with Crippen LogP contribution < -0.4 is 10.2 Å². The number of anilines is 1. The van der Waals surface area contributed by atoms with Crippen molar-refractivity contribution >= 4 is 5.69 Å². The Balaban J connectivity index is 2.23. The Labute approximate surface area is 129 Å². The van der Waals surface area contributed by atoms with Crippen LogP contribution in [0.15, 0.2) is 18.2 Å². The van der Waals surface area contributed by atoms with E-state index < -0.39 is 0 Å². The molecule has 0 saturated carbocycles. The first-order valence-electron chi connectivity index (χ1n) is 8.30. The van der Waals surface area contributed by atoms with E-state index in [9.17, 15) is 5.26 Å². The van der Waals surface area contributed by atoms with E-state index in [1.54, 1.807) is 0 Å². The summed E-state index contributed by atoms with van der Waals surface area (Å²) in [5.41, 5.74) is 3.16. The molecule has 1 saturated heterocycles. The van der Waals surface area contributed by atoms with Crippen LogP contribution >= 0.6 is 0 Å². The van der Waals surface area contributed by atoms with Crippen molar-refractivity contribution in [3.63, 3.8) is 0 Å². The SMILES string of the molecule is CCCC1CCCCN1c1ccc(CNCC)cc1C#N. The summed E-state index contributed by atoms with van der Waals surface area (Å²) >= 11 is 0. The molecule has 1 unspecified atom stereocenters. The third kappa shape index (κ3) is 3.98. The van der Waals surface area contributed by atoms with Crippen molar-refractivity contribution in [2.75, 3.05) is 18.0 Å². The van der Waals surface area contributed by atoms with E-state index in [-0.39, 0.29) is 0 Å². The van der Waals surface area contributed by atoms with Gasteiger partial charge in [0.25, 0.3) is 0 Å². The second kappa shape index (κ2) is 8.05. The predicted octanol–water partition coefficient (Wildman–Crippen LogP) is 3.83. The molecule has 1 fully saturated rings. The molecule has 0 radical (unpaired) electrons. The van der Waals surface area contributed by atoms with E-state index in [4.69, 9.17) is 0 Å². The number of benzene rings is 1. The van der Waals surface area contributed by atoms with Gasteiger partial charge < -0.3 is 10.2 Å². The third-order valence-electron chi connectivity index (χ3n) is 4.32. The van der Waals surface area contributed by atoms with Crippen LogP contribution in [0.4, 0.5) is 5.69 Å². The smallest absolute Gasteiger partial charge is 0.101 e. The molecule has 2 rings (SSSR count). The van der Waals surface area contributed by atoms with Gasteiger partial charge in [0.05, 0.1) is 11.3 Å². The number of nitrogens with zero attached hydrogens (tertiary/aromatic N) is 2. The van der Waals surface area contributed by atoms with E-state index in [0.717, 1.165) is 30.9 Å². The lowest BCUT2D eigenvalue weighted by atomic mass is 9.96. The molecule has 3 heteroatoms. The van der Waals surface area contributed by atoms with Gasteiger partial charge in [-0.15, -0.1) is 0 Å². The molecular formula is C18H27N3. The molecule has 3 nitrogen and oxygen atoms in total. The van der Waals surface area contributed by atoms with Gasteiger partial charge in [-0.25, -0.2) is 0 Å². The van der Waals surface area contributed by atoms with Crippen molar-refractivity contribution in [2.45, 2.75) is 58.5 Å². The fourth-order valence-corrected chi connectivity index (χ4v) is 3.25. The molecule has 1 aliphatic rings. The highest BCUT2D eigenvalue weighted by Gasteiger charge is 2.23. The van der Waals surface area contributed by atoms with Crippen molar-refractivity contribution in [1.82, 2.24) is 5.32 Å². The Hall–Kier alpha value is -1.53. The number of rotatable bonds is 6. The number of hydrogen-bond donors (Lipinski definition) is 1. The lowest BCUT2D eigenvalue weighted by molar-refractivity contribution is 0.434. The molecule has 0 aromatic heterocycles. The van der Waals surface area contributed by atoms with Crippen LogP contribution in [-0.4, -0.2) is 19.1 Å². The van der Waals surface area contributed by atoms with Gasteiger partial charge in [-0.3, -0.25) is 0 Å². The van der Waals surface area contributed by atoms with Crippen LogP contribution in [0.5, 0.6) is 0 Å². The number of hydrogen-bond acceptors (Lipinski definition) is 3. The minimum atomic E-state index is 0.607. The topological polar surface area (TPSA) is 39.1 Å². The first-order chi connectivity index (χ1) is 10.3. The molecule has 1 aromatic carbocycles. The quantitative estimate of drug-likeness (QED) is 0.863.